The normalized spacial score (nSPS) is 16.4. The first-order chi connectivity index (χ1) is 14.3. The van der Waals surface area contributed by atoms with Gasteiger partial charge in [-0.15, -0.1) is 11.3 Å². The van der Waals surface area contributed by atoms with Gasteiger partial charge >= 0.3 is 0 Å². The smallest absolute Gasteiger partial charge is 0.274 e. The monoisotopic (exact) mass is 443 g/mol. The van der Waals surface area contributed by atoms with Gasteiger partial charge < -0.3 is 0 Å². The summed E-state index contributed by atoms with van der Waals surface area (Å²) in [6.45, 7) is 0. The van der Waals surface area contributed by atoms with Gasteiger partial charge in [0.2, 0.25) is 10.0 Å². The number of carbonyl (C=O) groups is 1. The molecular formula is C21H18FN3O3S2. The summed E-state index contributed by atoms with van der Waals surface area (Å²) < 4.78 is 38.5. The molecule has 0 aliphatic carbocycles. The first-order valence-electron chi connectivity index (χ1n) is 9.08. The van der Waals surface area contributed by atoms with E-state index in [1.807, 2.05) is 17.5 Å². The molecule has 1 atom stereocenters. The van der Waals surface area contributed by atoms with Crippen LogP contribution < -0.4 is 4.72 Å². The summed E-state index contributed by atoms with van der Waals surface area (Å²) in [6, 6.07) is 15.9. The van der Waals surface area contributed by atoms with Gasteiger partial charge in [-0.1, -0.05) is 18.2 Å². The van der Waals surface area contributed by atoms with Crippen LogP contribution in [0.3, 0.4) is 0 Å². The molecule has 0 fully saturated rings. The van der Waals surface area contributed by atoms with Crippen molar-refractivity contribution < 1.29 is 17.6 Å². The maximum Gasteiger partial charge on any atom is 0.274 e. The van der Waals surface area contributed by atoms with Crippen LogP contribution in [-0.2, 0) is 10.0 Å². The average molecular weight is 444 g/mol. The Labute approximate surface area is 177 Å². The molecule has 0 spiro atoms. The number of hydrogen-bond acceptors (Lipinski definition) is 5. The van der Waals surface area contributed by atoms with Gasteiger partial charge in [-0.3, -0.25) is 9.52 Å². The van der Waals surface area contributed by atoms with Crippen LogP contribution in [0.1, 0.15) is 33.3 Å². The second-order valence-corrected chi connectivity index (χ2v) is 9.62. The molecule has 2 heterocycles. The molecule has 1 aromatic heterocycles. The van der Waals surface area contributed by atoms with Crippen LogP contribution in [-0.4, -0.2) is 31.3 Å². The fourth-order valence-electron chi connectivity index (χ4n) is 3.24. The topological polar surface area (TPSA) is 78.8 Å². The molecule has 30 heavy (non-hydrogen) atoms. The Kier molecular flexibility index (Phi) is 5.40. The summed E-state index contributed by atoms with van der Waals surface area (Å²) in [5, 5.41) is 7.96. The van der Waals surface area contributed by atoms with E-state index in [1.165, 1.54) is 29.3 Å². The van der Waals surface area contributed by atoms with Crippen molar-refractivity contribution in [2.75, 3.05) is 11.0 Å². The third-order valence-electron chi connectivity index (χ3n) is 4.60. The maximum absolute atomic E-state index is 13.3. The van der Waals surface area contributed by atoms with Crippen LogP contribution in [0.25, 0.3) is 0 Å². The fourth-order valence-corrected chi connectivity index (χ4v) is 4.62. The molecule has 1 aliphatic rings. The van der Waals surface area contributed by atoms with Gasteiger partial charge in [-0.05, 0) is 53.4 Å². The van der Waals surface area contributed by atoms with Crippen molar-refractivity contribution in [3.63, 3.8) is 0 Å². The number of hydrazone groups is 1. The number of amides is 1. The molecule has 3 aromatic rings. The van der Waals surface area contributed by atoms with Gasteiger partial charge in [0.25, 0.3) is 5.91 Å². The van der Waals surface area contributed by atoms with Gasteiger partial charge in [0.1, 0.15) is 5.82 Å². The molecular weight excluding hydrogens is 425 g/mol. The minimum absolute atomic E-state index is 0.258. The van der Waals surface area contributed by atoms with E-state index < -0.39 is 15.8 Å². The summed E-state index contributed by atoms with van der Waals surface area (Å²) in [6.07, 6.45) is 1.61. The molecule has 9 heteroatoms. The molecule has 0 bridgehead atoms. The number of halogens is 1. The summed E-state index contributed by atoms with van der Waals surface area (Å²) >= 11 is 1.54. The Balaban J connectivity index is 1.65. The molecule has 0 saturated heterocycles. The zero-order chi connectivity index (χ0) is 21.3. The van der Waals surface area contributed by atoms with Crippen molar-refractivity contribution in [1.29, 1.82) is 0 Å². The molecule has 0 radical (unpaired) electrons. The van der Waals surface area contributed by atoms with Crippen molar-refractivity contribution >= 4 is 38.7 Å². The molecule has 1 aliphatic heterocycles. The van der Waals surface area contributed by atoms with Gasteiger partial charge in [-0.25, -0.2) is 17.8 Å². The molecule has 0 unspecified atom stereocenters. The molecule has 4 rings (SSSR count). The first kappa shape index (κ1) is 20.2. The number of rotatable bonds is 5. The van der Waals surface area contributed by atoms with Crippen molar-refractivity contribution in [3.05, 3.63) is 87.9 Å². The minimum atomic E-state index is -3.36. The van der Waals surface area contributed by atoms with Crippen molar-refractivity contribution in [2.24, 2.45) is 5.10 Å². The Morgan fingerprint density at radius 2 is 1.83 bits per heavy atom. The zero-order valence-electron chi connectivity index (χ0n) is 15.9. The molecule has 2 aromatic carbocycles. The van der Waals surface area contributed by atoms with E-state index in [2.05, 4.69) is 9.82 Å². The van der Waals surface area contributed by atoms with Crippen LogP contribution in [0.2, 0.25) is 0 Å². The average Bonchev–Trinajstić information content (AvgIpc) is 3.37. The van der Waals surface area contributed by atoms with E-state index in [1.54, 1.807) is 35.6 Å². The number of benzene rings is 2. The van der Waals surface area contributed by atoms with E-state index in [-0.39, 0.29) is 11.9 Å². The van der Waals surface area contributed by atoms with Crippen LogP contribution >= 0.6 is 11.3 Å². The number of thiophene rings is 1. The predicted molar refractivity (Wildman–Crippen MR) is 116 cm³/mol. The van der Waals surface area contributed by atoms with Crippen molar-refractivity contribution in [2.45, 2.75) is 12.5 Å². The third-order valence-corrected chi connectivity index (χ3v) is 6.18. The number of hydrogen-bond donors (Lipinski definition) is 1. The summed E-state index contributed by atoms with van der Waals surface area (Å²) in [7, 11) is -3.36. The standard InChI is InChI=1S/C21H18FN3O3S2/c1-30(27,28)24-17-10-6-14(7-11-17)18-13-19(20-3-2-12-29-20)25(23-18)21(26)15-4-8-16(22)9-5-15/h2-12,19,24H,13H2,1H3/t19-/m0/s1. The highest BCUT2D eigenvalue weighted by atomic mass is 32.2. The number of anilines is 1. The second kappa shape index (κ2) is 8.00. The highest BCUT2D eigenvalue weighted by Crippen LogP contribution is 2.36. The number of sulfonamides is 1. The lowest BCUT2D eigenvalue weighted by molar-refractivity contribution is 0.0713. The third kappa shape index (κ3) is 4.42. The molecule has 1 N–H and O–H groups in total. The van der Waals surface area contributed by atoms with Gasteiger partial charge in [0, 0.05) is 22.5 Å². The number of nitrogens with one attached hydrogen (secondary N) is 1. The van der Waals surface area contributed by atoms with E-state index >= 15 is 0 Å². The van der Waals surface area contributed by atoms with Crippen LogP contribution in [0.15, 0.2) is 71.1 Å². The SMILES string of the molecule is CS(=O)(=O)Nc1ccc(C2=NN(C(=O)c3ccc(F)cc3)[C@H](c3cccs3)C2)cc1. The second-order valence-electron chi connectivity index (χ2n) is 6.89. The van der Waals surface area contributed by atoms with E-state index in [0.717, 1.165) is 22.4 Å². The largest absolute Gasteiger partial charge is 0.284 e. The molecule has 1 amide bonds. The Morgan fingerprint density at radius 1 is 1.13 bits per heavy atom. The Morgan fingerprint density at radius 3 is 2.43 bits per heavy atom. The first-order valence-corrected chi connectivity index (χ1v) is 11.9. The maximum atomic E-state index is 13.3. The quantitative estimate of drug-likeness (QED) is 0.640. The van der Waals surface area contributed by atoms with Crippen molar-refractivity contribution in [3.8, 4) is 0 Å². The Hall–Kier alpha value is -3.04. The van der Waals surface area contributed by atoms with Crippen LogP contribution in [0.4, 0.5) is 10.1 Å². The highest BCUT2D eigenvalue weighted by Gasteiger charge is 2.34. The minimum Gasteiger partial charge on any atom is -0.284 e. The van der Waals surface area contributed by atoms with Gasteiger partial charge in [0.05, 0.1) is 18.0 Å². The lowest BCUT2D eigenvalue weighted by Crippen LogP contribution is -2.26. The van der Waals surface area contributed by atoms with E-state index in [9.17, 15) is 17.6 Å². The number of carbonyl (C=O) groups excluding carboxylic acids is 1. The predicted octanol–water partition coefficient (Wildman–Crippen LogP) is 4.25. The molecule has 0 saturated carbocycles. The van der Waals surface area contributed by atoms with Gasteiger partial charge in [0.15, 0.2) is 0 Å². The summed E-state index contributed by atoms with van der Waals surface area (Å²) in [5.74, 6) is -0.714. The van der Waals surface area contributed by atoms with E-state index in [4.69, 9.17) is 0 Å². The van der Waals surface area contributed by atoms with Crippen LogP contribution in [0.5, 0.6) is 0 Å². The molecule has 6 nitrogen and oxygen atoms in total. The Bertz CT molecular complexity index is 1190. The molecule has 154 valence electrons. The van der Waals surface area contributed by atoms with Gasteiger partial charge in [-0.2, -0.15) is 5.10 Å². The highest BCUT2D eigenvalue weighted by molar-refractivity contribution is 7.92. The zero-order valence-corrected chi connectivity index (χ0v) is 17.6. The summed E-state index contributed by atoms with van der Waals surface area (Å²) in [5.41, 5.74) is 2.32. The summed E-state index contributed by atoms with van der Waals surface area (Å²) in [4.78, 5) is 14.1. The van der Waals surface area contributed by atoms with Crippen molar-refractivity contribution in [1.82, 2.24) is 5.01 Å². The lowest BCUT2D eigenvalue weighted by atomic mass is 10.0. The lowest BCUT2D eigenvalue weighted by Gasteiger charge is -2.20. The van der Waals surface area contributed by atoms with Crippen LogP contribution in [0, 0.1) is 5.82 Å². The van der Waals surface area contributed by atoms with E-state index in [0.29, 0.717) is 17.7 Å². The number of nitrogens with zero attached hydrogens (tertiary/aromatic N) is 2. The fraction of sp³-hybridized carbons (Fsp3) is 0.143.